The summed E-state index contributed by atoms with van der Waals surface area (Å²) in [6.45, 7) is 0. The lowest BCUT2D eigenvalue weighted by molar-refractivity contribution is 0.417. The van der Waals surface area contributed by atoms with Gasteiger partial charge in [-0.3, -0.25) is 0 Å². The van der Waals surface area contributed by atoms with Gasteiger partial charge in [0.1, 0.15) is 5.75 Å². The van der Waals surface area contributed by atoms with Gasteiger partial charge in [-0.1, -0.05) is 12.1 Å². The summed E-state index contributed by atoms with van der Waals surface area (Å²) in [7, 11) is 3.87. The summed E-state index contributed by atoms with van der Waals surface area (Å²) in [5.41, 5.74) is 4.10. The fourth-order valence-electron chi connectivity index (χ4n) is 2.71. The second-order valence-corrected chi connectivity index (χ2v) is 4.27. The molecule has 1 aromatic heterocycles. The number of aryl methyl sites for hydroxylation is 1. The van der Waals surface area contributed by atoms with E-state index in [-0.39, 0.29) is 0 Å². The van der Waals surface area contributed by atoms with Crippen LogP contribution in [0, 0.1) is 6.42 Å². The van der Waals surface area contributed by atoms with Gasteiger partial charge in [-0.25, -0.2) is 0 Å². The molecular weight excluding hydrogens is 198 g/mol. The average molecular weight is 213 g/mol. The van der Waals surface area contributed by atoms with E-state index in [0.29, 0.717) is 0 Å². The molecule has 2 aromatic rings. The van der Waals surface area contributed by atoms with Gasteiger partial charge in [-0.15, -0.1) is 0 Å². The number of rotatable bonds is 1. The molecule has 16 heavy (non-hydrogen) atoms. The van der Waals surface area contributed by atoms with Gasteiger partial charge in [-0.05, 0) is 37.3 Å². The van der Waals surface area contributed by atoms with Crippen molar-refractivity contribution in [3.8, 4) is 5.75 Å². The molecule has 0 unspecified atom stereocenters. The van der Waals surface area contributed by atoms with Gasteiger partial charge in [0, 0.05) is 18.1 Å². The Morgan fingerprint density at radius 2 is 2.25 bits per heavy atom. The van der Waals surface area contributed by atoms with Crippen molar-refractivity contribution in [2.75, 3.05) is 7.11 Å². The lowest BCUT2D eigenvalue weighted by Crippen LogP contribution is -2.05. The molecule has 0 fully saturated rings. The molecule has 0 saturated heterocycles. The molecule has 1 aliphatic rings. The van der Waals surface area contributed by atoms with E-state index in [4.69, 9.17) is 4.74 Å². The third-order valence-electron chi connectivity index (χ3n) is 3.47. The first-order chi connectivity index (χ1) is 7.83. The SMILES string of the molecule is COc1cccc2c3c(n(C)c12)CC[C]C3. The van der Waals surface area contributed by atoms with E-state index in [9.17, 15) is 0 Å². The molecule has 0 spiro atoms. The molecule has 1 heterocycles. The van der Waals surface area contributed by atoms with Crippen LogP contribution in [0.3, 0.4) is 0 Å². The summed E-state index contributed by atoms with van der Waals surface area (Å²) in [4.78, 5) is 0. The number of nitrogens with zero attached hydrogens (tertiary/aromatic N) is 1. The Hall–Kier alpha value is -1.44. The Kier molecular flexibility index (Phi) is 2.16. The van der Waals surface area contributed by atoms with Crippen LogP contribution in [0.2, 0.25) is 0 Å². The molecule has 0 amide bonds. The third-order valence-corrected chi connectivity index (χ3v) is 3.47. The van der Waals surface area contributed by atoms with Crippen molar-refractivity contribution >= 4 is 10.9 Å². The molecule has 2 heteroatoms. The first kappa shape index (κ1) is 9.76. The van der Waals surface area contributed by atoms with Crippen molar-refractivity contribution < 1.29 is 4.74 Å². The fraction of sp³-hybridized carbons (Fsp3) is 0.357. The molecule has 3 rings (SSSR count). The van der Waals surface area contributed by atoms with Crippen LogP contribution in [0.25, 0.3) is 10.9 Å². The number of hydrogen-bond donors (Lipinski definition) is 0. The zero-order chi connectivity index (χ0) is 11.1. The molecule has 0 bridgehead atoms. The Morgan fingerprint density at radius 3 is 3.06 bits per heavy atom. The standard InChI is InChI=1S/C14H15NO/c1-15-12-8-4-3-6-10(12)11-7-5-9-13(16-2)14(11)15/h5,7,9H,4,6,8H2,1-2H3. The molecule has 0 aliphatic heterocycles. The van der Waals surface area contributed by atoms with Crippen LogP contribution in [-0.2, 0) is 19.9 Å². The largest absolute Gasteiger partial charge is 0.495 e. The number of hydrogen-bond acceptors (Lipinski definition) is 1. The molecule has 2 radical (unpaired) electrons. The van der Waals surface area contributed by atoms with Crippen molar-refractivity contribution in [3.05, 3.63) is 35.9 Å². The van der Waals surface area contributed by atoms with E-state index in [1.807, 2.05) is 6.07 Å². The third kappa shape index (κ3) is 1.19. The average Bonchev–Trinajstić information content (AvgIpc) is 2.64. The normalized spacial score (nSPS) is 15.1. The summed E-state index contributed by atoms with van der Waals surface area (Å²) in [5, 5.41) is 1.32. The van der Waals surface area contributed by atoms with Crippen LogP contribution in [0.1, 0.15) is 17.7 Å². The number of para-hydroxylation sites is 1. The maximum Gasteiger partial charge on any atom is 0.143 e. The van der Waals surface area contributed by atoms with Gasteiger partial charge in [0.15, 0.2) is 0 Å². The number of fused-ring (bicyclic) bond motifs is 3. The summed E-state index contributed by atoms with van der Waals surface area (Å²) >= 11 is 0. The van der Waals surface area contributed by atoms with E-state index < -0.39 is 0 Å². The monoisotopic (exact) mass is 213 g/mol. The lowest BCUT2D eigenvalue weighted by Gasteiger charge is -2.12. The maximum atomic E-state index is 5.44. The smallest absolute Gasteiger partial charge is 0.143 e. The van der Waals surface area contributed by atoms with Crippen LogP contribution in [0.4, 0.5) is 0 Å². The Balaban J connectivity index is 2.39. The lowest BCUT2D eigenvalue weighted by atomic mass is 9.95. The van der Waals surface area contributed by atoms with Crippen molar-refractivity contribution in [1.29, 1.82) is 0 Å². The Bertz CT molecular complexity index is 539. The van der Waals surface area contributed by atoms with Crippen molar-refractivity contribution in [2.45, 2.75) is 19.3 Å². The van der Waals surface area contributed by atoms with Crippen molar-refractivity contribution in [3.63, 3.8) is 0 Å². The predicted octanol–water partition coefficient (Wildman–Crippen LogP) is 2.76. The minimum absolute atomic E-state index is 0.967. The zero-order valence-corrected chi connectivity index (χ0v) is 9.71. The molecule has 0 atom stereocenters. The molecule has 2 nitrogen and oxygen atoms in total. The number of aromatic nitrogens is 1. The van der Waals surface area contributed by atoms with Crippen LogP contribution < -0.4 is 4.74 Å². The van der Waals surface area contributed by atoms with E-state index in [1.54, 1.807) is 7.11 Å². The maximum absolute atomic E-state index is 5.44. The van der Waals surface area contributed by atoms with Gasteiger partial charge < -0.3 is 9.30 Å². The molecule has 0 N–H and O–H groups in total. The van der Waals surface area contributed by atoms with Crippen LogP contribution in [-0.4, -0.2) is 11.7 Å². The molecule has 0 saturated carbocycles. The molecule has 1 aromatic carbocycles. The van der Waals surface area contributed by atoms with E-state index in [2.05, 4.69) is 30.2 Å². The van der Waals surface area contributed by atoms with E-state index in [1.165, 1.54) is 22.2 Å². The predicted molar refractivity (Wildman–Crippen MR) is 64.7 cm³/mol. The highest BCUT2D eigenvalue weighted by Crippen LogP contribution is 2.35. The first-order valence-electron chi connectivity index (χ1n) is 5.67. The molecular formula is C14H15NO. The van der Waals surface area contributed by atoms with E-state index >= 15 is 0 Å². The summed E-state index contributed by atoms with van der Waals surface area (Å²) in [6, 6.07) is 6.28. The zero-order valence-electron chi connectivity index (χ0n) is 9.71. The van der Waals surface area contributed by atoms with Crippen LogP contribution in [0.15, 0.2) is 18.2 Å². The second kappa shape index (κ2) is 3.55. The second-order valence-electron chi connectivity index (χ2n) is 4.27. The topological polar surface area (TPSA) is 14.2 Å². The highest BCUT2D eigenvalue weighted by atomic mass is 16.5. The molecule has 1 aliphatic carbocycles. The van der Waals surface area contributed by atoms with Crippen LogP contribution in [0.5, 0.6) is 5.75 Å². The highest BCUT2D eigenvalue weighted by molar-refractivity contribution is 5.90. The highest BCUT2D eigenvalue weighted by Gasteiger charge is 2.20. The van der Waals surface area contributed by atoms with E-state index in [0.717, 1.165) is 25.0 Å². The Morgan fingerprint density at radius 1 is 1.38 bits per heavy atom. The minimum Gasteiger partial charge on any atom is -0.495 e. The number of methoxy groups -OCH3 is 1. The minimum atomic E-state index is 0.967. The summed E-state index contributed by atoms with van der Waals surface area (Å²) in [5.74, 6) is 0.967. The summed E-state index contributed by atoms with van der Waals surface area (Å²) in [6.07, 6.45) is 6.57. The van der Waals surface area contributed by atoms with Crippen molar-refractivity contribution in [2.24, 2.45) is 7.05 Å². The Labute approximate surface area is 95.8 Å². The van der Waals surface area contributed by atoms with Gasteiger partial charge >= 0.3 is 0 Å². The van der Waals surface area contributed by atoms with Gasteiger partial charge in [0.2, 0.25) is 0 Å². The quantitative estimate of drug-likeness (QED) is 0.710. The van der Waals surface area contributed by atoms with Crippen LogP contribution >= 0.6 is 0 Å². The van der Waals surface area contributed by atoms with Crippen molar-refractivity contribution in [1.82, 2.24) is 4.57 Å². The first-order valence-corrected chi connectivity index (χ1v) is 5.67. The van der Waals surface area contributed by atoms with Gasteiger partial charge in [-0.2, -0.15) is 0 Å². The number of benzene rings is 1. The fourth-order valence-corrected chi connectivity index (χ4v) is 2.71. The van der Waals surface area contributed by atoms with Gasteiger partial charge in [0.05, 0.1) is 12.6 Å². The van der Waals surface area contributed by atoms with Gasteiger partial charge in [0.25, 0.3) is 0 Å². The summed E-state index contributed by atoms with van der Waals surface area (Å²) < 4.78 is 7.73. The molecule has 82 valence electrons. The number of ether oxygens (including phenoxy) is 1.